The molecule has 0 radical (unpaired) electrons. The van der Waals surface area contributed by atoms with E-state index in [9.17, 15) is 80.8 Å². The molecule has 22 heteroatoms. The van der Waals surface area contributed by atoms with E-state index in [0.29, 0.717) is 12.1 Å². The standard InChI is InChI=1S/C16H8F15NO4S2/c17-10(18)12(21,22)13(23,24)11(19,20)5-36-9(33)4-37-8-2-1-6(3-7(8)32(34)35)38-16(30,31)14(25,26)15(27,28)29/h1-3,10H,4-5H2. The monoisotopic (exact) mass is 627 g/mol. The van der Waals surface area contributed by atoms with E-state index >= 15 is 0 Å². The molecule has 0 saturated carbocycles. The Bertz CT molecular complexity index is 1030. The van der Waals surface area contributed by atoms with E-state index in [-0.39, 0.29) is 17.8 Å². The highest BCUT2D eigenvalue weighted by Gasteiger charge is 2.76. The van der Waals surface area contributed by atoms with E-state index in [4.69, 9.17) is 0 Å². The summed E-state index contributed by atoms with van der Waals surface area (Å²) in [4.78, 5) is 19.3. The molecule has 0 atom stereocenters. The minimum Gasteiger partial charge on any atom is -0.458 e. The van der Waals surface area contributed by atoms with Crippen LogP contribution in [0.5, 0.6) is 0 Å². The second-order valence-corrected chi connectivity index (χ2v) is 8.93. The number of carbonyl (C=O) groups is 1. The third kappa shape index (κ3) is 6.84. The van der Waals surface area contributed by atoms with E-state index in [1.54, 1.807) is 0 Å². The molecular weight excluding hydrogens is 619 g/mol. The van der Waals surface area contributed by atoms with Crippen LogP contribution >= 0.6 is 23.5 Å². The number of thioether (sulfide) groups is 2. The van der Waals surface area contributed by atoms with Crippen molar-refractivity contribution in [2.45, 2.75) is 51.3 Å². The Labute approximate surface area is 208 Å². The minimum absolute atomic E-state index is 0.0532. The van der Waals surface area contributed by atoms with Gasteiger partial charge in [-0.05, 0) is 23.9 Å². The molecule has 0 aliphatic heterocycles. The van der Waals surface area contributed by atoms with Gasteiger partial charge >= 0.3 is 47.5 Å². The molecular formula is C16H8F15NO4S2. The number of alkyl halides is 15. The van der Waals surface area contributed by atoms with Crippen molar-refractivity contribution in [2.75, 3.05) is 12.4 Å². The number of carbonyl (C=O) groups excluding carboxylic acids is 1. The van der Waals surface area contributed by atoms with Gasteiger partial charge in [-0.2, -0.15) is 57.1 Å². The van der Waals surface area contributed by atoms with E-state index < -0.39 is 92.0 Å². The number of nitro benzene ring substituents is 1. The molecule has 0 aliphatic rings. The first-order valence-electron chi connectivity index (χ1n) is 8.81. The molecule has 0 unspecified atom stereocenters. The summed E-state index contributed by atoms with van der Waals surface area (Å²) in [5.41, 5.74) is -1.28. The quantitative estimate of drug-likeness (QED) is 0.0798. The van der Waals surface area contributed by atoms with Crippen LogP contribution in [0.3, 0.4) is 0 Å². The summed E-state index contributed by atoms with van der Waals surface area (Å²) in [5.74, 6) is -29.1. The third-order valence-electron chi connectivity index (χ3n) is 4.01. The Hall–Kier alpha value is -2.26. The summed E-state index contributed by atoms with van der Waals surface area (Å²) < 4.78 is 196. The zero-order valence-corrected chi connectivity index (χ0v) is 18.9. The predicted octanol–water partition coefficient (Wildman–Crippen LogP) is 7.28. The molecule has 0 amide bonds. The zero-order chi connectivity index (χ0) is 30.1. The molecule has 0 aliphatic carbocycles. The van der Waals surface area contributed by atoms with E-state index in [1.165, 1.54) is 0 Å². The van der Waals surface area contributed by atoms with Crippen molar-refractivity contribution in [3.8, 4) is 0 Å². The zero-order valence-electron chi connectivity index (χ0n) is 17.3. The van der Waals surface area contributed by atoms with Crippen LogP contribution in [0.1, 0.15) is 0 Å². The molecule has 218 valence electrons. The van der Waals surface area contributed by atoms with Gasteiger partial charge in [0.05, 0.1) is 15.6 Å². The Morgan fingerprint density at radius 1 is 0.921 bits per heavy atom. The molecule has 0 spiro atoms. The molecule has 5 nitrogen and oxygen atoms in total. The number of hydrogen-bond acceptors (Lipinski definition) is 6. The second-order valence-electron chi connectivity index (χ2n) is 6.73. The van der Waals surface area contributed by atoms with Gasteiger partial charge in [-0.1, -0.05) is 0 Å². The molecule has 0 saturated heterocycles. The molecule has 0 N–H and O–H groups in total. The highest BCUT2D eigenvalue weighted by molar-refractivity contribution is 8.00. The fraction of sp³-hybridized carbons (Fsp3) is 0.562. The highest BCUT2D eigenvalue weighted by Crippen LogP contribution is 2.54. The van der Waals surface area contributed by atoms with Gasteiger partial charge in [0.2, 0.25) is 0 Å². The van der Waals surface area contributed by atoms with Crippen molar-refractivity contribution in [1.29, 1.82) is 0 Å². The summed E-state index contributed by atoms with van der Waals surface area (Å²) >= 11 is -1.47. The molecule has 1 rings (SSSR count). The van der Waals surface area contributed by atoms with Crippen molar-refractivity contribution in [3.63, 3.8) is 0 Å². The molecule has 0 fully saturated rings. The lowest BCUT2D eigenvalue weighted by molar-refractivity contribution is -0.387. The molecule has 38 heavy (non-hydrogen) atoms. The van der Waals surface area contributed by atoms with Gasteiger partial charge in [-0.3, -0.25) is 14.9 Å². The number of hydrogen-bond donors (Lipinski definition) is 0. The lowest BCUT2D eigenvalue weighted by Crippen LogP contribution is -2.59. The van der Waals surface area contributed by atoms with Crippen LogP contribution in [0.15, 0.2) is 28.0 Å². The molecule has 0 aromatic heterocycles. The van der Waals surface area contributed by atoms with Crippen molar-refractivity contribution >= 4 is 35.2 Å². The molecule has 0 bridgehead atoms. The summed E-state index contributed by atoms with van der Waals surface area (Å²) in [6.07, 6.45) is -11.9. The Kier molecular flexibility index (Phi) is 9.85. The van der Waals surface area contributed by atoms with Crippen molar-refractivity contribution in [2.24, 2.45) is 0 Å². The smallest absolute Gasteiger partial charge is 0.458 e. The first-order chi connectivity index (χ1) is 16.8. The summed E-state index contributed by atoms with van der Waals surface area (Å²) in [5, 5.41) is 5.24. The Morgan fingerprint density at radius 3 is 1.89 bits per heavy atom. The van der Waals surface area contributed by atoms with Gasteiger partial charge in [-0.15, -0.1) is 11.8 Å². The fourth-order valence-electron chi connectivity index (χ4n) is 2.02. The van der Waals surface area contributed by atoms with Crippen LogP contribution < -0.4 is 0 Å². The lowest BCUT2D eigenvalue weighted by atomic mass is 10.1. The van der Waals surface area contributed by atoms with Gasteiger partial charge in [0.25, 0.3) is 5.69 Å². The van der Waals surface area contributed by atoms with Crippen molar-refractivity contribution in [3.05, 3.63) is 28.3 Å². The van der Waals surface area contributed by atoms with Crippen LogP contribution in [0.4, 0.5) is 71.5 Å². The van der Waals surface area contributed by atoms with Crippen LogP contribution in [-0.2, 0) is 9.53 Å². The van der Waals surface area contributed by atoms with Crippen molar-refractivity contribution < 1.29 is 80.3 Å². The summed E-state index contributed by atoms with van der Waals surface area (Å²) in [7, 11) is 0. The summed E-state index contributed by atoms with van der Waals surface area (Å²) in [6, 6.07) is 0.902. The normalized spacial score (nSPS) is 14.1. The maximum atomic E-state index is 13.5. The van der Waals surface area contributed by atoms with Crippen molar-refractivity contribution in [1.82, 2.24) is 0 Å². The van der Waals surface area contributed by atoms with E-state index in [0.717, 1.165) is 0 Å². The third-order valence-corrected chi connectivity index (χ3v) is 6.05. The minimum atomic E-state index is -6.71. The Balaban J connectivity index is 2.99. The summed E-state index contributed by atoms with van der Waals surface area (Å²) in [6.45, 7) is -2.85. The maximum absolute atomic E-state index is 13.5. The largest absolute Gasteiger partial charge is 0.460 e. The lowest BCUT2D eigenvalue weighted by Gasteiger charge is -2.31. The second kappa shape index (κ2) is 11.1. The SMILES string of the molecule is O=C(CSc1ccc(SC(F)(F)C(F)(F)C(F)(F)F)cc1[N+](=O)[O-])OCC(F)(F)C(F)(F)C(F)(F)C(F)F. The number of halogens is 15. The van der Waals surface area contributed by atoms with Crippen LogP contribution in [0.2, 0.25) is 0 Å². The average Bonchev–Trinajstić information content (AvgIpc) is 2.75. The number of rotatable bonds is 12. The van der Waals surface area contributed by atoms with Gasteiger partial charge in [0, 0.05) is 11.0 Å². The number of ether oxygens (including phenoxy) is 1. The first-order valence-corrected chi connectivity index (χ1v) is 10.6. The van der Waals surface area contributed by atoms with Gasteiger partial charge in [0.1, 0.15) is 0 Å². The molecule has 1 aromatic rings. The number of benzene rings is 1. The fourth-order valence-corrected chi connectivity index (χ4v) is 3.67. The highest BCUT2D eigenvalue weighted by atomic mass is 32.2. The van der Waals surface area contributed by atoms with Crippen LogP contribution in [0, 0.1) is 10.1 Å². The van der Waals surface area contributed by atoms with Crippen LogP contribution in [0.25, 0.3) is 0 Å². The molecule has 0 heterocycles. The van der Waals surface area contributed by atoms with Gasteiger partial charge in [0.15, 0.2) is 6.61 Å². The number of nitrogens with zero attached hydrogens (tertiary/aromatic N) is 1. The van der Waals surface area contributed by atoms with Crippen LogP contribution in [-0.4, -0.2) is 64.8 Å². The number of nitro groups is 1. The maximum Gasteiger partial charge on any atom is 0.460 e. The van der Waals surface area contributed by atoms with Gasteiger partial charge in [-0.25, -0.2) is 8.78 Å². The number of esters is 1. The first kappa shape index (κ1) is 33.8. The predicted molar refractivity (Wildman–Crippen MR) is 97.4 cm³/mol. The van der Waals surface area contributed by atoms with Gasteiger partial charge < -0.3 is 4.74 Å². The Morgan fingerprint density at radius 2 is 1.45 bits per heavy atom. The van der Waals surface area contributed by atoms with E-state index in [1.807, 2.05) is 0 Å². The average molecular weight is 627 g/mol. The van der Waals surface area contributed by atoms with E-state index in [2.05, 4.69) is 4.74 Å². The molecule has 1 aromatic carbocycles. The topological polar surface area (TPSA) is 69.4 Å².